The highest BCUT2D eigenvalue weighted by Crippen LogP contribution is 2.24. The first-order valence-corrected chi connectivity index (χ1v) is 6.57. The van der Waals surface area contributed by atoms with Gasteiger partial charge in [-0.25, -0.2) is 4.68 Å². The molecule has 1 aromatic heterocycles. The molecule has 5 heteroatoms. The maximum absolute atomic E-state index is 9.83. The standard InChI is InChI=1S/C14H18N4O/c15-11-5-7-17(8-6-11)12-9-16-18(10-12)13-3-1-2-4-14(13)19/h1-4,9-11,19H,5-8,15H2. The summed E-state index contributed by atoms with van der Waals surface area (Å²) in [6.45, 7) is 1.93. The van der Waals surface area contributed by atoms with Gasteiger partial charge in [-0.2, -0.15) is 5.10 Å². The summed E-state index contributed by atoms with van der Waals surface area (Å²) < 4.78 is 1.71. The Balaban J connectivity index is 1.82. The summed E-state index contributed by atoms with van der Waals surface area (Å²) in [6.07, 6.45) is 5.82. The van der Waals surface area contributed by atoms with Crippen LogP contribution < -0.4 is 10.6 Å². The number of hydrogen-bond donors (Lipinski definition) is 2. The highest BCUT2D eigenvalue weighted by molar-refractivity contribution is 5.49. The largest absolute Gasteiger partial charge is 0.506 e. The first kappa shape index (κ1) is 12.0. The quantitative estimate of drug-likeness (QED) is 0.856. The molecule has 3 rings (SSSR count). The van der Waals surface area contributed by atoms with Crippen molar-refractivity contribution in [2.45, 2.75) is 18.9 Å². The number of nitrogens with two attached hydrogens (primary N) is 1. The molecule has 0 bridgehead atoms. The average Bonchev–Trinajstić information content (AvgIpc) is 2.89. The van der Waals surface area contributed by atoms with Gasteiger partial charge in [0.15, 0.2) is 0 Å². The summed E-state index contributed by atoms with van der Waals surface area (Å²) >= 11 is 0. The van der Waals surface area contributed by atoms with Crippen LogP contribution in [0.25, 0.3) is 5.69 Å². The number of piperidine rings is 1. The van der Waals surface area contributed by atoms with Crippen LogP contribution >= 0.6 is 0 Å². The molecule has 1 saturated heterocycles. The second-order valence-corrected chi connectivity index (χ2v) is 4.96. The van der Waals surface area contributed by atoms with E-state index in [1.807, 2.05) is 24.5 Å². The summed E-state index contributed by atoms with van der Waals surface area (Å²) in [5, 5.41) is 14.2. The van der Waals surface area contributed by atoms with E-state index in [2.05, 4.69) is 10.00 Å². The Labute approximate surface area is 112 Å². The van der Waals surface area contributed by atoms with Crippen molar-refractivity contribution in [3.8, 4) is 11.4 Å². The molecule has 0 aliphatic carbocycles. The van der Waals surface area contributed by atoms with Gasteiger partial charge in [-0.1, -0.05) is 12.1 Å². The maximum atomic E-state index is 9.83. The lowest BCUT2D eigenvalue weighted by molar-refractivity contribution is 0.470. The molecular formula is C14H18N4O. The van der Waals surface area contributed by atoms with Gasteiger partial charge in [0.25, 0.3) is 0 Å². The predicted octanol–water partition coefficient (Wildman–Crippen LogP) is 1.51. The number of phenolic OH excluding ortho intramolecular Hbond substituents is 1. The number of aromatic nitrogens is 2. The van der Waals surface area contributed by atoms with Gasteiger partial charge in [0.2, 0.25) is 0 Å². The normalized spacial score (nSPS) is 16.8. The van der Waals surface area contributed by atoms with Crippen LogP contribution in [0.5, 0.6) is 5.75 Å². The summed E-state index contributed by atoms with van der Waals surface area (Å²) in [6, 6.07) is 7.52. The van der Waals surface area contributed by atoms with Gasteiger partial charge in [-0.3, -0.25) is 0 Å². The van der Waals surface area contributed by atoms with Crippen LogP contribution in [0, 0.1) is 0 Å². The van der Waals surface area contributed by atoms with Gasteiger partial charge < -0.3 is 15.7 Å². The van der Waals surface area contributed by atoms with E-state index in [0.29, 0.717) is 11.7 Å². The number of anilines is 1. The van der Waals surface area contributed by atoms with Gasteiger partial charge in [-0.15, -0.1) is 0 Å². The van der Waals surface area contributed by atoms with Gasteiger partial charge in [0.1, 0.15) is 11.4 Å². The Morgan fingerprint density at radius 3 is 2.68 bits per heavy atom. The molecule has 2 heterocycles. The van der Waals surface area contributed by atoms with Crippen LogP contribution in [-0.4, -0.2) is 34.0 Å². The molecule has 100 valence electrons. The summed E-state index contributed by atoms with van der Waals surface area (Å²) in [4.78, 5) is 2.28. The first-order chi connectivity index (χ1) is 9.24. The summed E-state index contributed by atoms with van der Waals surface area (Å²) in [7, 11) is 0. The minimum atomic E-state index is 0.234. The molecule has 2 aromatic rings. The number of hydrogen-bond acceptors (Lipinski definition) is 4. The fraction of sp³-hybridized carbons (Fsp3) is 0.357. The monoisotopic (exact) mass is 258 g/mol. The molecule has 0 radical (unpaired) electrons. The predicted molar refractivity (Wildman–Crippen MR) is 74.7 cm³/mol. The van der Waals surface area contributed by atoms with Crippen molar-refractivity contribution in [3.05, 3.63) is 36.7 Å². The van der Waals surface area contributed by atoms with Crippen LogP contribution in [0.15, 0.2) is 36.7 Å². The molecule has 1 aromatic carbocycles. The van der Waals surface area contributed by atoms with Gasteiger partial charge in [0.05, 0.1) is 18.1 Å². The maximum Gasteiger partial charge on any atom is 0.141 e. The number of para-hydroxylation sites is 2. The van der Waals surface area contributed by atoms with E-state index >= 15 is 0 Å². The minimum absolute atomic E-state index is 0.234. The lowest BCUT2D eigenvalue weighted by Gasteiger charge is -2.30. The molecule has 0 unspecified atom stereocenters. The highest BCUT2D eigenvalue weighted by Gasteiger charge is 2.17. The second kappa shape index (κ2) is 4.93. The van der Waals surface area contributed by atoms with Crippen molar-refractivity contribution in [2.75, 3.05) is 18.0 Å². The number of phenols is 1. The van der Waals surface area contributed by atoms with Crippen molar-refractivity contribution in [2.24, 2.45) is 5.73 Å². The Bertz CT molecular complexity index is 558. The second-order valence-electron chi connectivity index (χ2n) is 4.96. The van der Waals surface area contributed by atoms with Gasteiger partial charge >= 0.3 is 0 Å². The first-order valence-electron chi connectivity index (χ1n) is 6.57. The Hall–Kier alpha value is -2.01. The minimum Gasteiger partial charge on any atom is -0.506 e. The fourth-order valence-electron chi connectivity index (χ4n) is 2.42. The zero-order valence-corrected chi connectivity index (χ0v) is 10.7. The lowest BCUT2D eigenvalue weighted by atomic mass is 10.1. The van der Waals surface area contributed by atoms with Gasteiger partial charge in [-0.05, 0) is 25.0 Å². The van der Waals surface area contributed by atoms with Gasteiger partial charge in [0, 0.05) is 19.1 Å². The van der Waals surface area contributed by atoms with E-state index in [1.165, 1.54) is 0 Å². The molecule has 0 saturated carbocycles. The van der Waals surface area contributed by atoms with Crippen LogP contribution in [0.3, 0.4) is 0 Å². The molecular weight excluding hydrogens is 240 g/mol. The van der Waals surface area contributed by atoms with Crippen LogP contribution in [-0.2, 0) is 0 Å². The van der Waals surface area contributed by atoms with Crippen molar-refractivity contribution in [3.63, 3.8) is 0 Å². The number of rotatable bonds is 2. The van der Waals surface area contributed by atoms with E-state index in [1.54, 1.807) is 16.8 Å². The zero-order valence-electron chi connectivity index (χ0n) is 10.7. The van der Waals surface area contributed by atoms with Crippen LogP contribution in [0.4, 0.5) is 5.69 Å². The molecule has 1 aliphatic heterocycles. The van der Waals surface area contributed by atoms with E-state index < -0.39 is 0 Å². The topological polar surface area (TPSA) is 67.3 Å². The molecule has 0 spiro atoms. The van der Waals surface area contributed by atoms with Crippen LogP contribution in [0.1, 0.15) is 12.8 Å². The Morgan fingerprint density at radius 1 is 1.21 bits per heavy atom. The average molecular weight is 258 g/mol. The Morgan fingerprint density at radius 2 is 1.95 bits per heavy atom. The third kappa shape index (κ3) is 2.42. The lowest BCUT2D eigenvalue weighted by Crippen LogP contribution is -2.39. The molecule has 1 aliphatic rings. The molecule has 3 N–H and O–H groups in total. The number of nitrogens with zero attached hydrogens (tertiary/aromatic N) is 3. The van der Waals surface area contributed by atoms with Crippen molar-refractivity contribution in [1.29, 1.82) is 0 Å². The van der Waals surface area contributed by atoms with E-state index in [-0.39, 0.29) is 5.75 Å². The fourth-order valence-corrected chi connectivity index (χ4v) is 2.42. The van der Waals surface area contributed by atoms with Crippen LogP contribution in [0.2, 0.25) is 0 Å². The third-order valence-electron chi connectivity index (χ3n) is 3.60. The molecule has 0 atom stereocenters. The molecule has 5 nitrogen and oxygen atoms in total. The Kier molecular flexibility index (Phi) is 3.13. The summed E-state index contributed by atoms with van der Waals surface area (Å²) in [5.41, 5.74) is 7.69. The summed E-state index contributed by atoms with van der Waals surface area (Å²) in [5.74, 6) is 0.234. The highest BCUT2D eigenvalue weighted by atomic mass is 16.3. The molecule has 0 amide bonds. The van der Waals surface area contributed by atoms with E-state index in [9.17, 15) is 5.11 Å². The third-order valence-corrected chi connectivity index (χ3v) is 3.60. The molecule has 19 heavy (non-hydrogen) atoms. The molecule has 1 fully saturated rings. The zero-order chi connectivity index (χ0) is 13.2. The van der Waals surface area contributed by atoms with Crippen molar-refractivity contribution in [1.82, 2.24) is 9.78 Å². The van der Waals surface area contributed by atoms with Crippen molar-refractivity contribution < 1.29 is 5.11 Å². The smallest absolute Gasteiger partial charge is 0.141 e. The number of benzene rings is 1. The van der Waals surface area contributed by atoms with E-state index in [0.717, 1.165) is 31.6 Å². The van der Waals surface area contributed by atoms with Crippen molar-refractivity contribution >= 4 is 5.69 Å². The van der Waals surface area contributed by atoms with E-state index in [4.69, 9.17) is 5.73 Å². The SMILES string of the molecule is NC1CCN(c2cnn(-c3ccccc3O)c2)CC1. The number of aromatic hydroxyl groups is 1.